The van der Waals surface area contributed by atoms with Gasteiger partial charge in [-0.05, 0) is 23.8 Å². The van der Waals surface area contributed by atoms with Gasteiger partial charge in [-0.1, -0.05) is 12.7 Å². The summed E-state index contributed by atoms with van der Waals surface area (Å²) in [5.41, 5.74) is 5.20. The fourth-order valence-electron chi connectivity index (χ4n) is 1.07. The fraction of sp³-hybridized carbons (Fsp3) is 0.100. The molecule has 0 bridgehead atoms. The molecule has 0 atom stereocenters. The van der Waals surface area contributed by atoms with E-state index in [1.165, 1.54) is 12.1 Å². The summed E-state index contributed by atoms with van der Waals surface area (Å²) < 4.78 is 39.5. The maximum atomic E-state index is 11.9. The molecule has 6 heteroatoms. The number of amides is 1. The highest BCUT2D eigenvalue weighted by Gasteiger charge is 2.31. The van der Waals surface area contributed by atoms with Crippen LogP contribution in [0, 0.1) is 0 Å². The van der Waals surface area contributed by atoms with Gasteiger partial charge in [-0.3, -0.25) is 4.79 Å². The predicted molar refractivity (Wildman–Crippen MR) is 51.7 cm³/mol. The molecule has 16 heavy (non-hydrogen) atoms. The molecule has 86 valence electrons. The number of primary amides is 1. The first kappa shape index (κ1) is 12.1. The Hall–Kier alpha value is -1.98. The Morgan fingerprint density at radius 3 is 2.44 bits per heavy atom. The van der Waals surface area contributed by atoms with Gasteiger partial charge in [-0.2, -0.15) is 0 Å². The van der Waals surface area contributed by atoms with E-state index in [1.54, 1.807) is 0 Å². The summed E-state index contributed by atoms with van der Waals surface area (Å²) >= 11 is 0. The summed E-state index contributed by atoms with van der Waals surface area (Å²) in [6.07, 6.45) is -3.52. The Balaban J connectivity index is 3.14. The Morgan fingerprint density at radius 2 is 2.00 bits per heavy atom. The van der Waals surface area contributed by atoms with E-state index >= 15 is 0 Å². The molecule has 0 aromatic heterocycles. The third kappa shape index (κ3) is 3.30. The number of nitrogens with two attached hydrogens (primary N) is 1. The van der Waals surface area contributed by atoms with Gasteiger partial charge in [0.1, 0.15) is 5.75 Å². The predicted octanol–water partition coefficient (Wildman–Crippen LogP) is 2.33. The monoisotopic (exact) mass is 231 g/mol. The van der Waals surface area contributed by atoms with Gasteiger partial charge in [-0.15, -0.1) is 13.2 Å². The van der Waals surface area contributed by atoms with E-state index in [9.17, 15) is 18.0 Å². The molecule has 0 heterocycles. The Kier molecular flexibility index (Phi) is 3.22. The first-order chi connectivity index (χ1) is 7.31. The van der Waals surface area contributed by atoms with Crippen molar-refractivity contribution in [1.82, 2.24) is 0 Å². The van der Waals surface area contributed by atoms with E-state index in [4.69, 9.17) is 5.73 Å². The van der Waals surface area contributed by atoms with Crippen LogP contribution in [0.2, 0.25) is 0 Å². The summed E-state index contributed by atoms with van der Waals surface area (Å²) in [5.74, 6) is -1.34. The Labute approximate surface area is 89.3 Å². The zero-order valence-electron chi connectivity index (χ0n) is 8.04. The minimum atomic E-state index is -4.81. The molecule has 1 aromatic rings. The number of hydrogen-bond acceptors (Lipinski definition) is 2. The molecule has 0 aliphatic carbocycles. The van der Waals surface area contributed by atoms with Gasteiger partial charge >= 0.3 is 6.36 Å². The van der Waals surface area contributed by atoms with E-state index in [0.29, 0.717) is 5.56 Å². The van der Waals surface area contributed by atoms with Gasteiger partial charge in [0.25, 0.3) is 0 Å². The van der Waals surface area contributed by atoms with Crippen LogP contribution in [0.1, 0.15) is 15.9 Å². The normalized spacial score (nSPS) is 10.9. The van der Waals surface area contributed by atoms with Crippen molar-refractivity contribution in [2.75, 3.05) is 0 Å². The van der Waals surface area contributed by atoms with E-state index in [1.807, 2.05) is 0 Å². The lowest BCUT2D eigenvalue weighted by atomic mass is 10.1. The molecule has 3 nitrogen and oxygen atoms in total. The van der Waals surface area contributed by atoms with Crippen LogP contribution in [0.15, 0.2) is 24.8 Å². The summed E-state index contributed by atoms with van der Waals surface area (Å²) in [5, 5.41) is 0. The molecule has 0 saturated heterocycles. The molecule has 1 rings (SSSR count). The zero-order chi connectivity index (χ0) is 12.3. The van der Waals surface area contributed by atoms with Crippen LogP contribution in [0.25, 0.3) is 6.08 Å². The topological polar surface area (TPSA) is 52.3 Å². The number of carbonyl (C=O) groups excluding carboxylic acids is 1. The second-order valence-corrected chi connectivity index (χ2v) is 2.91. The summed E-state index contributed by atoms with van der Waals surface area (Å²) in [6, 6.07) is 3.34. The van der Waals surface area contributed by atoms with Crippen LogP contribution in [0.4, 0.5) is 13.2 Å². The van der Waals surface area contributed by atoms with Crippen LogP contribution in [-0.4, -0.2) is 12.3 Å². The number of benzene rings is 1. The van der Waals surface area contributed by atoms with Gasteiger partial charge in [0.05, 0.1) is 0 Å². The standard InChI is InChI=1S/C10H8F3NO2/c1-2-6-3-7(9(14)15)5-8(4-6)16-10(11,12)13/h2-5H,1H2,(H2,14,15). The second kappa shape index (κ2) is 4.26. The van der Waals surface area contributed by atoms with E-state index in [-0.39, 0.29) is 5.56 Å². The summed E-state index contributed by atoms with van der Waals surface area (Å²) in [6.45, 7) is 3.38. The molecule has 0 unspecified atom stereocenters. The summed E-state index contributed by atoms with van der Waals surface area (Å²) in [4.78, 5) is 10.8. The fourth-order valence-corrected chi connectivity index (χ4v) is 1.07. The number of halogens is 3. The van der Waals surface area contributed by atoms with Crippen LogP contribution >= 0.6 is 0 Å². The molecule has 0 radical (unpaired) electrons. The molecule has 2 N–H and O–H groups in total. The van der Waals surface area contributed by atoms with Gasteiger partial charge in [0.2, 0.25) is 5.91 Å². The van der Waals surface area contributed by atoms with Crippen molar-refractivity contribution in [1.29, 1.82) is 0 Å². The van der Waals surface area contributed by atoms with Crippen LogP contribution in [-0.2, 0) is 0 Å². The van der Waals surface area contributed by atoms with Gasteiger partial charge in [0.15, 0.2) is 0 Å². The molecular weight excluding hydrogens is 223 g/mol. The average molecular weight is 231 g/mol. The lowest BCUT2D eigenvalue weighted by Crippen LogP contribution is -2.18. The first-order valence-corrected chi connectivity index (χ1v) is 4.15. The van der Waals surface area contributed by atoms with Crippen molar-refractivity contribution in [2.24, 2.45) is 5.73 Å². The number of carbonyl (C=O) groups is 1. The minimum absolute atomic E-state index is 0.0725. The number of alkyl halides is 3. The lowest BCUT2D eigenvalue weighted by molar-refractivity contribution is -0.274. The van der Waals surface area contributed by atoms with Crippen molar-refractivity contribution in [3.63, 3.8) is 0 Å². The van der Waals surface area contributed by atoms with Crippen molar-refractivity contribution in [3.8, 4) is 5.75 Å². The lowest BCUT2D eigenvalue weighted by Gasteiger charge is -2.10. The summed E-state index contributed by atoms with van der Waals surface area (Å²) in [7, 11) is 0. The van der Waals surface area contributed by atoms with Crippen molar-refractivity contribution < 1.29 is 22.7 Å². The Bertz CT molecular complexity index is 427. The maximum Gasteiger partial charge on any atom is 0.573 e. The molecule has 1 amide bonds. The molecule has 0 aliphatic rings. The van der Waals surface area contributed by atoms with Gasteiger partial charge < -0.3 is 10.5 Å². The quantitative estimate of drug-likeness (QED) is 0.867. The molecule has 0 aliphatic heterocycles. The first-order valence-electron chi connectivity index (χ1n) is 4.15. The third-order valence-electron chi connectivity index (χ3n) is 1.68. The van der Waals surface area contributed by atoms with E-state index < -0.39 is 18.0 Å². The zero-order valence-corrected chi connectivity index (χ0v) is 8.04. The number of hydrogen-bond donors (Lipinski definition) is 1. The van der Waals surface area contributed by atoms with Gasteiger partial charge in [-0.25, -0.2) is 0 Å². The number of ether oxygens (including phenoxy) is 1. The van der Waals surface area contributed by atoms with E-state index in [2.05, 4.69) is 11.3 Å². The van der Waals surface area contributed by atoms with Crippen LogP contribution in [0.3, 0.4) is 0 Å². The minimum Gasteiger partial charge on any atom is -0.406 e. The number of rotatable bonds is 3. The average Bonchev–Trinajstić information content (AvgIpc) is 2.14. The molecule has 0 fully saturated rings. The third-order valence-corrected chi connectivity index (χ3v) is 1.68. The largest absolute Gasteiger partial charge is 0.573 e. The molecule has 0 spiro atoms. The molecular formula is C10H8F3NO2. The molecule has 0 saturated carbocycles. The highest BCUT2D eigenvalue weighted by Crippen LogP contribution is 2.25. The highest BCUT2D eigenvalue weighted by molar-refractivity contribution is 5.93. The highest BCUT2D eigenvalue weighted by atomic mass is 19.4. The van der Waals surface area contributed by atoms with Crippen LogP contribution < -0.4 is 10.5 Å². The van der Waals surface area contributed by atoms with Gasteiger partial charge in [0, 0.05) is 5.56 Å². The van der Waals surface area contributed by atoms with Crippen LogP contribution in [0.5, 0.6) is 5.75 Å². The SMILES string of the molecule is C=Cc1cc(OC(F)(F)F)cc(C(N)=O)c1. The smallest absolute Gasteiger partial charge is 0.406 e. The maximum absolute atomic E-state index is 11.9. The Morgan fingerprint density at radius 1 is 1.38 bits per heavy atom. The van der Waals surface area contributed by atoms with Crippen molar-refractivity contribution >= 4 is 12.0 Å². The van der Waals surface area contributed by atoms with Crippen molar-refractivity contribution in [2.45, 2.75) is 6.36 Å². The van der Waals surface area contributed by atoms with Crippen molar-refractivity contribution in [3.05, 3.63) is 35.9 Å². The second-order valence-electron chi connectivity index (χ2n) is 2.91. The van der Waals surface area contributed by atoms with E-state index in [0.717, 1.165) is 12.1 Å². The molecule has 1 aromatic carbocycles.